The van der Waals surface area contributed by atoms with Crippen LogP contribution in [-0.4, -0.2) is 26.5 Å². The quantitative estimate of drug-likeness (QED) is 0.876. The van der Waals surface area contributed by atoms with Crippen molar-refractivity contribution in [1.29, 1.82) is 0 Å². The molecule has 0 bridgehead atoms. The fourth-order valence-electron chi connectivity index (χ4n) is 3.75. The molecule has 1 aromatic rings. The average molecular weight is 265 g/mol. The van der Waals surface area contributed by atoms with Crippen molar-refractivity contribution in [3.05, 3.63) is 35.4 Å². The number of hydrogen-bond donors (Lipinski definition) is 1. The van der Waals surface area contributed by atoms with Crippen molar-refractivity contribution in [1.82, 2.24) is 0 Å². The SMILES string of the molecule is NCC1(C2CCS(=O)(=O)C2)CCc2ccccc21. The van der Waals surface area contributed by atoms with Crippen LogP contribution in [-0.2, 0) is 21.7 Å². The lowest BCUT2D eigenvalue weighted by atomic mass is 9.71. The summed E-state index contributed by atoms with van der Waals surface area (Å²) < 4.78 is 23.5. The van der Waals surface area contributed by atoms with Gasteiger partial charge in [-0.05, 0) is 36.3 Å². The standard InChI is InChI=1S/C14H19NO2S/c15-10-14(12-6-8-18(16,17)9-12)7-5-11-3-1-2-4-13(11)14/h1-4,12H,5-10,15H2. The van der Waals surface area contributed by atoms with Crippen LogP contribution in [0.3, 0.4) is 0 Å². The van der Waals surface area contributed by atoms with Crippen LogP contribution in [0, 0.1) is 5.92 Å². The minimum Gasteiger partial charge on any atom is -0.330 e. The van der Waals surface area contributed by atoms with Crippen LogP contribution in [0.15, 0.2) is 24.3 Å². The number of sulfone groups is 1. The second-order valence-electron chi connectivity index (χ2n) is 5.62. The van der Waals surface area contributed by atoms with Crippen molar-refractivity contribution in [3.8, 4) is 0 Å². The van der Waals surface area contributed by atoms with Gasteiger partial charge in [0.15, 0.2) is 9.84 Å². The van der Waals surface area contributed by atoms with Crippen LogP contribution in [0.1, 0.15) is 24.0 Å². The molecule has 3 rings (SSSR count). The molecular formula is C14H19NO2S. The van der Waals surface area contributed by atoms with Gasteiger partial charge in [-0.3, -0.25) is 0 Å². The van der Waals surface area contributed by atoms with Crippen LogP contribution < -0.4 is 5.73 Å². The van der Waals surface area contributed by atoms with E-state index < -0.39 is 9.84 Å². The maximum atomic E-state index is 11.7. The molecule has 1 aliphatic carbocycles. The Labute approximate surface area is 108 Å². The molecule has 0 saturated carbocycles. The molecule has 2 unspecified atom stereocenters. The van der Waals surface area contributed by atoms with Gasteiger partial charge in [-0.25, -0.2) is 8.42 Å². The highest BCUT2D eigenvalue weighted by Gasteiger charge is 2.47. The van der Waals surface area contributed by atoms with Crippen LogP contribution >= 0.6 is 0 Å². The highest BCUT2D eigenvalue weighted by molar-refractivity contribution is 7.91. The van der Waals surface area contributed by atoms with E-state index >= 15 is 0 Å². The summed E-state index contributed by atoms with van der Waals surface area (Å²) in [5.41, 5.74) is 8.61. The topological polar surface area (TPSA) is 60.2 Å². The third-order valence-electron chi connectivity index (χ3n) is 4.77. The summed E-state index contributed by atoms with van der Waals surface area (Å²) in [7, 11) is -2.84. The monoisotopic (exact) mass is 265 g/mol. The van der Waals surface area contributed by atoms with E-state index in [2.05, 4.69) is 18.2 Å². The minimum atomic E-state index is -2.84. The largest absolute Gasteiger partial charge is 0.330 e. The molecule has 2 atom stereocenters. The number of rotatable bonds is 2. The van der Waals surface area contributed by atoms with Crippen LogP contribution in [0.4, 0.5) is 0 Å². The van der Waals surface area contributed by atoms with Gasteiger partial charge in [0.25, 0.3) is 0 Å². The average Bonchev–Trinajstić information content (AvgIpc) is 2.91. The van der Waals surface area contributed by atoms with Crippen LogP contribution in [0.5, 0.6) is 0 Å². The zero-order valence-corrected chi connectivity index (χ0v) is 11.2. The molecule has 18 heavy (non-hydrogen) atoms. The molecule has 1 aliphatic heterocycles. The number of hydrogen-bond acceptors (Lipinski definition) is 3. The van der Waals surface area contributed by atoms with Crippen molar-refractivity contribution in [2.24, 2.45) is 11.7 Å². The van der Waals surface area contributed by atoms with E-state index in [1.807, 2.05) is 6.07 Å². The summed E-state index contributed by atoms with van der Waals surface area (Å²) in [5.74, 6) is 0.858. The highest BCUT2D eigenvalue weighted by Crippen LogP contribution is 2.47. The number of benzene rings is 1. The van der Waals surface area contributed by atoms with Gasteiger partial charge < -0.3 is 5.73 Å². The second-order valence-corrected chi connectivity index (χ2v) is 7.85. The molecule has 1 aromatic carbocycles. The Morgan fingerprint density at radius 1 is 1.33 bits per heavy atom. The van der Waals surface area contributed by atoms with Crippen molar-refractivity contribution < 1.29 is 8.42 Å². The number of aryl methyl sites for hydroxylation is 1. The van der Waals surface area contributed by atoms with Crippen LogP contribution in [0.2, 0.25) is 0 Å². The van der Waals surface area contributed by atoms with Gasteiger partial charge in [0.1, 0.15) is 0 Å². The summed E-state index contributed by atoms with van der Waals surface area (Å²) in [5, 5.41) is 0. The maximum Gasteiger partial charge on any atom is 0.150 e. The molecular weight excluding hydrogens is 246 g/mol. The highest BCUT2D eigenvalue weighted by atomic mass is 32.2. The third-order valence-corrected chi connectivity index (χ3v) is 6.54. The molecule has 0 amide bonds. The maximum absolute atomic E-state index is 11.7. The van der Waals surface area contributed by atoms with E-state index in [0.29, 0.717) is 18.1 Å². The Balaban J connectivity index is 2.03. The molecule has 4 heteroatoms. The predicted octanol–water partition coefficient (Wildman–Crippen LogP) is 1.26. The van der Waals surface area contributed by atoms with Gasteiger partial charge in [-0.2, -0.15) is 0 Å². The van der Waals surface area contributed by atoms with Gasteiger partial charge in [0.2, 0.25) is 0 Å². The lowest BCUT2D eigenvalue weighted by molar-refractivity contribution is 0.298. The molecule has 2 aliphatic rings. The van der Waals surface area contributed by atoms with Gasteiger partial charge >= 0.3 is 0 Å². The van der Waals surface area contributed by atoms with Gasteiger partial charge in [0, 0.05) is 12.0 Å². The number of fused-ring (bicyclic) bond motifs is 1. The Morgan fingerprint density at radius 2 is 2.11 bits per heavy atom. The van der Waals surface area contributed by atoms with Gasteiger partial charge in [-0.1, -0.05) is 24.3 Å². The van der Waals surface area contributed by atoms with Crippen molar-refractivity contribution >= 4 is 9.84 Å². The van der Waals surface area contributed by atoms with Crippen molar-refractivity contribution in [2.45, 2.75) is 24.7 Å². The predicted molar refractivity (Wildman–Crippen MR) is 72.3 cm³/mol. The van der Waals surface area contributed by atoms with E-state index in [1.165, 1.54) is 11.1 Å². The molecule has 3 nitrogen and oxygen atoms in total. The van der Waals surface area contributed by atoms with E-state index in [1.54, 1.807) is 0 Å². The molecule has 98 valence electrons. The number of nitrogens with two attached hydrogens (primary N) is 1. The summed E-state index contributed by atoms with van der Waals surface area (Å²) in [6.07, 6.45) is 2.81. The Bertz CT molecular complexity index is 567. The third kappa shape index (κ3) is 1.70. The first-order valence-corrected chi connectivity index (χ1v) is 8.38. The van der Waals surface area contributed by atoms with Crippen molar-refractivity contribution in [3.63, 3.8) is 0 Å². The molecule has 1 fully saturated rings. The molecule has 1 saturated heterocycles. The fraction of sp³-hybridized carbons (Fsp3) is 0.571. The minimum absolute atomic E-state index is 0.0971. The molecule has 0 aromatic heterocycles. The molecule has 2 N–H and O–H groups in total. The lowest BCUT2D eigenvalue weighted by Crippen LogP contribution is -2.41. The van der Waals surface area contributed by atoms with E-state index in [9.17, 15) is 8.42 Å². The Kier molecular flexibility index (Phi) is 2.75. The molecule has 0 spiro atoms. The summed E-state index contributed by atoms with van der Waals surface area (Å²) in [4.78, 5) is 0. The smallest absolute Gasteiger partial charge is 0.150 e. The van der Waals surface area contributed by atoms with Gasteiger partial charge in [-0.15, -0.1) is 0 Å². The molecule has 0 radical (unpaired) electrons. The van der Waals surface area contributed by atoms with Crippen LogP contribution in [0.25, 0.3) is 0 Å². The Morgan fingerprint density at radius 3 is 2.78 bits per heavy atom. The first kappa shape index (κ1) is 12.2. The molecule has 1 heterocycles. The van der Waals surface area contributed by atoms with Crippen molar-refractivity contribution in [2.75, 3.05) is 18.1 Å². The van der Waals surface area contributed by atoms with E-state index in [4.69, 9.17) is 5.73 Å². The summed E-state index contributed by atoms with van der Waals surface area (Å²) in [6.45, 7) is 0.560. The fourth-order valence-corrected chi connectivity index (χ4v) is 5.66. The first-order valence-electron chi connectivity index (χ1n) is 6.56. The lowest BCUT2D eigenvalue weighted by Gasteiger charge is -2.34. The normalized spacial score (nSPS) is 33.5. The zero-order valence-electron chi connectivity index (χ0n) is 10.4. The zero-order chi connectivity index (χ0) is 12.8. The van der Waals surface area contributed by atoms with E-state index in [0.717, 1.165) is 19.3 Å². The summed E-state index contributed by atoms with van der Waals surface area (Å²) in [6, 6.07) is 8.38. The first-order chi connectivity index (χ1) is 8.57. The summed E-state index contributed by atoms with van der Waals surface area (Å²) >= 11 is 0. The van der Waals surface area contributed by atoms with E-state index in [-0.39, 0.29) is 11.3 Å². The second kappa shape index (κ2) is 4.07. The Hall–Kier alpha value is -0.870. The van der Waals surface area contributed by atoms with Gasteiger partial charge in [0.05, 0.1) is 11.5 Å².